The molecule has 5 nitrogen and oxygen atoms in total. The van der Waals surface area contributed by atoms with Crippen LogP contribution in [0.1, 0.15) is 19.4 Å². The predicted octanol–water partition coefficient (Wildman–Crippen LogP) is 2.53. The highest BCUT2D eigenvalue weighted by molar-refractivity contribution is 6.32. The van der Waals surface area contributed by atoms with Crippen LogP contribution in [0.3, 0.4) is 0 Å². The second-order valence-electron chi connectivity index (χ2n) is 4.23. The van der Waals surface area contributed by atoms with Gasteiger partial charge in [-0.2, -0.15) is 5.26 Å². The number of halogens is 1. The third kappa shape index (κ3) is 3.90. The lowest BCUT2D eigenvalue weighted by molar-refractivity contribution is -0.114. The molecule has 0 radical (unpaired) electrons. The van der Waals surface area contributed by atoms with Gasteiger partial charge < -0.3 is 15.2 Å². The van der Waals surface area contributed by atoms with Gasteiger partial charge in [-0.25, -0.2) is 0 Å². The Labute approximate surface area is 122 Å². The second-order valence-corrected chi connectivity index (χ2v) is 4.64. The quantitative estimate of drug-likeness (QED) is 0.668. The van der Waals surface area contributed by atoms with Crippen molar-refractivity contribution in [2.75, 3.05) is 7.11 Å². The van der Waals surface area contributed by atoms with Gasteiger partial charge in [0.25, 0.3) is 5.91 Å². The van der Waals surface area contributed by atoms with E-state index in [1.807, 2.05) is 13.8 Å². The van der Waals surface area contributed by atoms with E-state index in [-0.39, 0.29) is 11.7 Å². The summed E-state index contributed by atoms with van der Waals surface area (Å²) in [6.07, 6.45) is 1.28. The van der Waals surface area contributed by atoms with E-state index >= 15 is 0 Å². The molecule has 0 heterocycles. The van der Waals surface area contributed by atoms with Crippen LogP contribution in [0.5, 0.6) is 11.5 Å². The van der Waals surface area contributed by atoms with Crippen molar-refractivity contribution in [3.8, 4) is 17.6 Å². The van der Waals surface area contributed by atoms with Crippen molar-refractivity contribution in [2.24, 2.45) is 5.73 Å². The summed E-state index contributed by atoms with van der Waals surface area (Å²) < 4.78 is 10.8. The molecule has 6 heteroatoms. The molecule has 1 amide bonds. The molecule has 0 aromatic heterocycles. The zero-order valence-corrected chi connectivity index (χ0v) is 12.2. The molecule has 0 atom stereocenters. The van der Waals surface area contributed by atoms with Crippen LogP contribution in [-0.2, 0) is 4.79 Å². The van der Waals surface area contributed by atoms with E-state index in [9.17, 15) is 4.79 Å². The van der Waals surface area contributed by atoms with Crippen LogP contribution < -0.4 is 15.2 Å². The van der Waals surface area contributed by atoms with Gasteiger partial charge in [0.15, 0.2) is 11.5 Å². The molecule has 0 bridgehead atoms. The molecule has 0 aliphatic carbocycles. The molecule has 1 aromatic rings. The van der Waals surface area contributed by atoms with Gasteiger partial charge in [-0.1, -0.05) is 11.6 Å². The van der Waals surface area contributed by atoms with Crippen molar-refractivity contribution in [3.63, 3.8) is 0 Å². The van der Waals surface area contributed by atoms with Crippen LogP contribution >= 0.6 is 11.6 Å². The lowest BCUT2D eigenvalue weighted by atomic mass is 10.1. The third-order valence-corrected chi connectivity index (χ3v) is 2.58. The molecule has 0 saturated carbocycles. The zero-order chi connectivity index (χ0) is 15.3. The van der Waals surface area contributed by atoms with Gasteiger partial charge in [-0.05, 0) is 37.6 Å². The van der Waals surface area contributed by atoms with Crippen LogP contribution in [0.15, 0.2) is 17.7 Å². The van der Waals surface area contributed by atoms with Crippen LogP contribution in [-0.4, -0.2) is 19.1 Å². The number of amides is 1. The zero-order valence-electron chi connectivity index (χ0n) is 11.4. The number of nitrogens with two attached hydrogens (primary N) is 1. The summed E-state index contributed by atoms with van der Waals surface area (Å²) in [4.78, 5) is 11.0. The van der Waals surface area contributed by atoms with Gasteiger partial charge in [0.05, 0.1) is 18.2 Å². The molecule has 0 saturated heterocycles. The van der Waals surface area contributed by atoms with Gasteiger partial charge in [-0.3, -0.25) is 4.79 Å². The summed E-state index contributed by atoms with van der Waals surface area (Å²) in [6, 6.07) is 4.91. The average Bonchev–Trinajstić information content (AvgIpc) is 2.37. The van der Waals surface area contributed by atoms with Crippen molar-refractivity contribution in [2.45, 2.75) is 20.0 Å². The minimum absolute atomic E-state index is 0.0666. The monoisotopic (exact) mass is 294 g/mol. The van der Waals surface area contributed by atoms with Gasteiger partial charge in [0.1, 0.15) is 11.6 Å². The second kappa shape index (κ2) is 6.83. The number of nitrogens with zero attached hydrogens (tertiary/aromatic N) is 1. The Bertz CT molecular complexity index is 589. The summed E-state index contributed by atoms with van der Waals surface area (Å²) in [5.41, 5.74) is 5.44. The SMILES string of the molecule is COc1cc(/C=C(/C#N)C(N)=O)cc(Cl)c1OC(C)C. The highest BCUT2D eigenvalue weighted by Gasteiger charge is 2.13. The number of rotatable bonds is 5. The standard InChI is InChI=1S/C14H15ClN2O3/c1-8(2)20-13-11(15)5-9(6-12(13)19-3)4-10(7-16)14(17)18/h4-6,8H,1-3H3,(H2,17,18)/b10-4-. The van der Waals surface area contributed by atoms with Gasteiger partial charge >= 0.3 is 0 Å². The number of methoxy groups -OCH3 is 1. The fourth-order valence-electron chi connectivity index (χ4n) is 1.50. The van der Waals surface area contributed by atoms with E-state index in [2.05, 4.69) is 0 Å². The first kappa shape index (κ1) is 15.9. The largest absolute Gasteiger partial charge is 0.493 e. The Hall–Kier alpha value is -2.19. The van der Waals surface area contributed by atoms with E-state index in [0.717, 1.165) is 0 Å². The summed E-state index contributed by atoms with van der Waals surface area (Å²) in [7, 11) is 1.48. The molecule has 20 heavy (non-hydrogen) atoms. The number of carbonyl (C=O) groups excluding carboxylic acids is 1. The smallest absolute Gasteiger partial charge is 0.259 e. The number of hydrogen-bond acceptors (Lipinski definition) is 4. The topological polar surface area (TPSA) is 85.3 Å². The van der Waals surface area contributed by atoms with Crippen molar-refractivity contribution in [1.29, 1.82) is 5.26 Å². The number of primary amides is 1. The fraction of sp³-hybridized carbons (Fsp3) is 0.286. The Morgan fingerprint density at radius 2 is 2.15 bits per heavy atom. The maximum atomic E-state index is 11.0. The third-order valence-electron chi connectivity index (χ3n) is 2.30. The van der Waals surface area contributed by atoms with Crippen molar-refractivity contribution in [3.05, 3.63) is 28.3 Å². The van der Waals surface area contributed by atoms with Gasteiger partial charge in [0, 0.05) is 0 Å². The minimum Gasteiger partial charge on any atom is -0.493 e. The van der Waals surface area contributed by atoms with E-state index in [1.165, 1.54) is 13.2 Å². The molecular weight excluding hydrogens is 280 g/mol. The Balaban J connectivity index is 3.30. The maximum Gasteiger partial charge on any atom is 0.259 e. The van der Waals surface area contributed by atoms with Crippen LogP contribution in [0.4, 0.5) is 0 Å². The maximum absolute atomic E-state index is 11.0. The summed E-state index contributed by atoms with van der Waals surface area (Å²) >= 11 is 6.13. The molecule has 1 rings (SSSR count). The minimum atomic E-state index is -0.801. The van der Waals surface area contributed by atoms with Gasteiger partial charge in [-0.15, -0.1) is 0 Å². The van der Waals surface area contributed by atoms with Crippen molar-refractivity contribution < 1.29 is 14.3 Å². The number of ether oxygens (including phenoxy) is 2. The molecule has 0 fully saturated rings. The number of benzene rings is 1. The highest BCUT2D eigenvalue weighted by Crippen LogP contribution is 2.37. The van der Waals surface area contributed by atoms with Crippen LogP contribution in [0, 0.1) is 11.3 Å². The summed E-state index contributed by atoms with van der Waals surface area (Å²) in [5.74, 6) is 0.0307. The van der Waals surface area contributed by atoms with Crippen LogP contribution in [0.25, 0.3) is 6.08 Å². The van der Waals surface area contributed by atoms with E-state index in [0.29, 0.717) is 22.1 Å². The van der Waals surface area contributed by atoms with E-state index in [4.69, 9.17) is 32.1 Å². The number of hydrogen-bond donors (Lipinski definition) is 1. The molecular formula is C14H15ClN2O3. The molecule has 1 aromatic carbocycles. The molecule has 0 unspecified atom stereocenters. The first-order valence-electron chi connectivity index (χ1n) is 5.84. The molecule has 2 N–H and O–H groups in total. The molecule has 0 aliphatic heterocycles. The van der Waals surface area contributed by atoms with Gasteiger partial charge in [0.2, 0.25) is 0 Å². The summed E-state index contributed by atoms with van der Waals surface area (Å²) in [6.45, 7) is 3.73. The highest BCUT2D eigenvalue weighted by atomic mass is 35.5. The molecule has 0 spiro atoms. The van der Waals surface area contributed by atoms with E-state index in [1.54, 1.807) is 18.2 Å². The van der Waals surface area contributed by atoms with E-state index < -0.39 is 5.91 Å². The Kier molecular flexibility index (Phi) is 5.42. The Morgan fingerprint density at radius 3 is 2.60 bits per heavy atom. The lowest BCUT2D eigenvalue weighted by Gasteiger charge is -2.15. The van der Waals surface area contributed by atoms with Crippen molar-refractivity contribution in [1.82, 2.24) is 0 Å². The lowest BCUT2D eigenvalue weighted by Crippen LogP contribution is -2.12. The molecule has 0 aliphatic rings. The fourth-order valence-corrected chi connectivity index (χ4v) is 1.76. The molecule has 106 valence electrons. The first-order valence-corrected chi connectivity index (χ1v) is 6.22. The average molecular weight is 295 g/mol. The normalized spacial score (nSPS) is 11.1. The first-order chi connectivity index (χ1) is 9.38. The van der Waals surface area contributed by atoms with Crippen LogP contribution in [0.2, 0.25) is 5.02 Å². The number of carbonyl (C=O) groups is 1. The summed E-state index contributed by atoms with van der Waals surface area (Å²) in [5, 5.41) is 9.14. The van der Waals surface area contributed by atoms with Crippen molar-refractivity contribution >= 4 is 23.6 Å². The predicted molar refractivity (Wildman–Crippen MR) is 76.6 cm³/mol. The Morgan fingerprint density at radius 1 is 1.50 bits per heavy atom. The number of nitriles is 1.